The molecule has 0 bridgehead atoms. The zero-order valence-electron chi connectivity index (χ0n) is 16.2. The Balaban J connectivity index is 1.81. The second-order valence-electron chi connectivity index (χ2n) is 7.18. The summed E-state index contributed by atoms with van der Waals surface area (Å²) in [5.74, 6) is 1.00. The van der Waals surface area contributed by atoms with Crippen LogP contribution >= 0.6 is 0 Å². The molecule has 0 unspecified atom stereocenters. The van der Waals surface area contributed by atoms with E-state index in [1.165, 1.54) is 11.1 Å². The van der Waals surface area contributed by atoms with Crippen LogP contribution in [0.1, 0.15) is 36.1 Å². The molecule has 2 N–H and O–H groups in total. The van der Waals surface area contributed by atoms with E-state index in [9.17, 15) is 5.11 Å². The number of aliphatic hydroxyl groups is 1. The van der Waals surface area contributed by atoms with Crippen molar-refractivity contribution in [2.45, 2.75) is 32.5 Å². The summed E-state index contributed by atoms with van der Waals surface area (Å²) < 4.78 is 0. The van der Waals surface area contributed by atoms with Gasteiger partial charge in [-0.3, -0.25) is 0 Å². The Hall–Kier alpha value is -3.04. The van der Waals surface area contributed by atoms with Gasteiger partial charge in [0.1, 0.15) is 5.82 Å². The molecule has 0 radical (unpaired) electrons. The molecule has 0 amide bonds. The van der Waals surface area contributed by atoms with Gasteiger partial charge in [0.05, 0.1) is 6.10 Å². The molecule has 0 saturated carbocycles. The minimum absolute atomic E-state index is 0.500. The molecule has 3 aromatic carbocycles. The summed E-state index contributed by atoms with van der Waals surface area (Å²) in [6, 6.07) is 29.2. The first-order chi connectivity index (χ1) is 13.8. The van der Waals surface area contributed by atoms with Crippen LogP contribution in [0.4, 0.5) is 5.82 Å². The molecule has 4 rings (SSSR count). The first-order valence-electron chi connectivity index (χ1n) is 9.87. The number of hydrogen-bond acceptors (Lipinski definition) is 2. The van der Waals surface area contributed by atoms with Gasteiger partial charge in [-0.15, -0.1) is 0 Å². The van der Waals surface area contributed by atoms with Crippen LogP contribution in [0, 0.1) is 0 Å². The highest BCUT2D eigenvalue weighted by molar-refractivity contribution is 5.89. The van der Waals surface area contributed by atoms with Crippen LogP contribution in [-0.4, -0.2) is 10.1 Å². The molecule has 3 nitrogen and oxygen atoms in total. The summed E-state index contributed by atoms with van der Waals surface area (Å²) in [6.07, 6.45) is 0.180. The molecule has 1 aromatic heterocycles. The number of H-pyrrole nitrogens is 1. The number of para-hydroxylation sites is 1. The minimum atomic E-state index is -0.500. The Labute approximate surface area is 166 Å². The molecular formula is C25H26N2O. The number of aromatic amines is 1. The van der Waals surface area contributed by atoms with Crippen molar-refractivity contribution in [3.8, 4) is 0 Å². The normalized spacial score (nSPS) is 12.2. The predicted octanol–water partition coefficient (Wildman–Crippen LogP) is 5.82. The Kier molecular flexibility index (Phi) is 5.45. The van der Waals surface area contributed by atoms with Crippen molar-refractivity contribution in [2.75, 3.05) is 4.90 Å². The quantitative estimate of drug-likeness (QED) is 0.430. The number of nitrogens with one attached hydrogen (secondary N) is 1. The van der Waals surface area contributed by atoms with Crippen LogP contribution in [0.5, 0.6) is 0 Å². The topological polar surface area (TPSA) is 39.3 Å². The molecule has 4 aromatic rings. The maximum atomic E-state index is 10.8. The number of anilines is 1. The van der Waals surface area contributed by atoms with E-state index >= 15 is 0 Å². The summed E-state index contributed by atoms with van der Waals surface area (Å²) >= 11 is 0. The molecule has 0 fully saturated rings. The lowest BCUT2D eigenvalue weighted by Gasteiger charge is -2.26. The van der Waals surface area contributed by atoms with Crippen LogP contribution < -0.4 is 4.90 Å². The van der Waals surface area contributed by atoms with Crippen molar-refractivity contribution in [3.05, 3.63) is 102 Å². The van der Waals surface area contributed by atoms with E-state index in [0.29, 0.717) is 6.42 Å². The number of rotatable bonds is 7. The van der Waals surface area contributed by atoms with E-state index in [1.807, 2.05) is 31.2 Å². The molecule has 1 atom stereocenters. The second kappa shape index (κ2) is 8.32. The van der Waals surface area contributed by atoms with Crippen LogP contribution in [-0.2, 0) is 13.1 Å². The van der Waals surface area contributed by atoms with Gasteiger partial charge < -0.3 is 15.0 Å². The van der Waals surface area contributed by atoms with Gasteiger partial charge in [0.25, 0.3) is 0 Å². The van der Waals surface area contributed by atoms with E-state index in [-0.39, 0.29) is 0 Å². The lowest BCUT2D eigenvalue weighted by Crippen LogP contribution is -2.24. The summed E-state index contributed by atoms with van der Waals surface area (Å²) in [6.45, 7) is 3.56. The fourth-order valence-corrected chi connectivity index (χ4v) is 3.76. The monoisotopic (exact) mass is 370 g/mol. The van der Waals surface area contributed by atoms with Gasteiger partial charge in [-0.05, 0) is 23.6 Å². The molecule has 0 saturated heterocycles. The standard InChI is InChI=1S/C25H26N2O/c1-2-23(28)24-21-15-9-10-16-22(21)26-25(24)27(17-19-11-5-3-6-12-19)18-20-13-7-4-8-14-20/h3-16,23,26,28H,2,17-18H2,1H3/t23-/m0/s1. The fraction of sp³-hybridized carbons (Fsp3) is 0.200. The molecule has 0 spiro atoms. The third kappa shape index (κ3) is 3.80. The van der Waals surface area contributed by atoms with Gasteiger partial charge in [-0.2, -0.15) is 0 Å². The average molecular weight is 370 g/mol. The first-order valence-corrected chi connectivity index (χ1v) is 9.87. The number of aromatic nitrogens is 1. The van der Waals surface area contributed by atoms with Crippen molar-refractivity contribution in [1.82, 2.24) is 4.98 Å². The van der Waals surface area contributed by atoms with Crippen molar-refractivity contribution >= 4 is 16.7 Å². The molecule has 28 heavy (non-hydrogen) atoms. The third-order valence-corrected chi connectivity index (χ3v) is 5.19. The molecule has 0 aliphatic rings. The zero-order chi connectivity index (χ0) is 19.3. The van der Waals surface area contributed by atoms with Gasteiger partial charge in [-0.25, -0.2) is 0 Å². The summed E-state index contributed by atoms with van der Waals surface area (Å²) in [5, 5.41) is 11.9. The Morgan fingerprint density at radius 3 is 1.89 bits per heavy atom. The van der Waals surface area contributed by atoms with E-state index in [1.54, 1.807) is 0 Å². The Morgan fingerprint density at radius 1 is 0.786 bits per heavy atom. The number of benzene rings is 3. The first kappa shape index (κ1) is 18.3. The lowest BCUT2D eigenvalue weighted by molar-refractivity contribution is 0.175. The second-order valence-corrected chi connectivity index (χ2v) is 7.18. The molecular weight excluding hydrogens is 344 g/mol. The number of aliphatic hydroxyl groups excluding tert-OH is 1. The van der Waals surface area contributed by atoms with Crippen LogP contribution in [0.15, 0.2) is 84.9 Å². The van der Waals surface area contributed by atoms with Gasteiger partial charge in [0, 0.05) is 29.6 Å². The molecule has 3 heteroatoms. The van der Waals surface area contributed by atoms with Crippen molar-refractivity contribution in [1.29, 1.82) is 0 Å². The highest BCUT2D eigenvalue weighted by Crippen LogP contribution is 2.36. The SMILES string of the molecule is CC[C@H](O)c1c(N(Cc2ccccc2)Cc2ccccc2)[nH]c2ccccc12. The minimum Gasteiger partial charge on any atom is -0.388 e. The Bertz CT molecular complexity index is 983. The van der Waals surface area contributed by atoms with Crippen LogP contribution in [0.3, 0.4) is 0 Å². The van der Waals surface area contributed by atoms with Crippen molar-refractivity contribution in [2.24, 2.45) is 0 Å². The maximum absolute atomic E-state index is 10.8. The number of nitrogens with zero attached hydrogens (tertiary/aromatic N) is 1. The molecule has 0 aliphatic heterocycles. The molecule has 1 heterocycles. The zero-order valence-corrected chi connectivity index (χ0v) is 16.2. The fourth-order valence-electron chi connectivity index (χ4n) is 3.76. The summed E-state index contributed by atoms with van der Waals surface area (Å²) in [7, 11) is 0. The van der Waals surface area contributed by atoms with E-state index in [4.69, 9.17) is 0 Å². The van der Waals surface area contributed by atoms with Crippen molar-refractivity contribution in [3.63, 3.8) is 0 Å². The van der Waals surface area contributed by atoms with E-state index in [0.717, 1.165) is 35.4 Å². The highest BCUT2D eigenvalue weighted by Gasteiger charge is 2.22. The summed E-state index contributed by atoms with van der Waals surface area (Å²) in [5.41, 5.74) is 4.54. The summed E-state index contributed by atoms with van der Waals surface area (Å²) in [4.78, 5) is 5.92. The van der Waals surface area contributed by atoms with Gasteiger partial charge in [-0.1, -0.05) is 85.8 Å². The van der Waals surface area contributed by atoms with Crippen LogP contribution in [0.2, 0.25) is 0 Å². The Morgan fingerprint density at radius 2 is 1.32 bits per heavy atom. The van der Waals surface area contributed by atoms with Gasteiger partial charge >= 0.3 is 0 Å². The molecule has 142 valence electrons. The van der Waals surface area contributed by atoms with Crippen LogP contribution in [0.25, 0.3) is 10.9 Å². The lowest BCUT2D eigenvalue weighted by atomic mass is 10.0. The average Bonchev–Trinajstić information content (AvgIpc) is 3.14. The smallest absolute Gasteiger partial charge is 0.113 e. The predicted molar refractivity (Wildman–Crippen MR) is 116 cm³/mol. The highest BCUT2D eigenvalue weighted by atomic mass is 16.3. The number of fused-ring (bicyclic) bond motifs is 1. The van der Waals surface area contributed by atoms with E-state index < -0.39 is 6.10 Å². The largest absolute Gasteiger partial charge is 0.388 e. The van der Waals surface area contributed by atoms with Crippen molar-refractivity contribution < 1.29 is 5.11 Å². The maximum Gasteiger partial charge on any atom is 0.113 e. The van der Waals surface area contributed by atoms with Gasteiger partial charge in [0.2, 0.25) is 0 Å². The van der Waals surface area contributed by atoms with E-state index in [2.05, 4.69) is 70.5 Å². The molecule has 0 aliphatic carbocycles. The van der Waals surface area contributed by atoms with Gasteiger partial charge in [0.15, 0.2) is 0 Å². The number of hydrogen-bond donors (Lipinski definition) is 2. The third-order valence-electron chi connectivity index (χ3n) is 5.19.